The van der Waals surface area contributed by atoms with Crippen molar-refractivity contribution in [2.24, 2.45) is 0 Å². The normalized spacial score (nSPS) is 12.0. The lowest BCUT2D eigenvalue weighted by molar-refractivity contribution is -0.140. The summed E-state index contributed by atoms with van der Waals surface area (Å²) in [6.45, 7) is 0. The Labute approximate surface area is 59.0 Å². The number of nitrogens with zero attached hydrogens (tertiary/aromatic N) is 1. The van der Waals surface area contributed by atoms with E-state index >= 15 is 0 Å². The third-order valence-electron chi connectivity index (χ3n) is 0.877. The Hall–Kier alpha value is -0.710. The van der Waals surface area contributed by atoms with Crippen LogP contribution in [0.1, 0.15) is 5.69 Å². The van der Waals surface area contributed by atoms with E-state index in [1.54, 1.807) is 0 Å². The molecule has 0 radical (unpaired) electrons. The van der Waals surface area contributed by atoms with E-state index in [4.69, 9.17) is 11.6 Å². The fourth-order valence-electron chi connectivity index (χ4n) is 0.476. The maximum atomic E-state index is 11.7. The Morgan fingerprint density at radius 2 is 2.10 bits per heavy atom. The number of aromatic amines is 1. The lowest BCUT2D eigenvalue weighted by Crippen LogP contribution is -2.05. The van der Waals surface area contributed by atoms with Gasteiger partial charge in [-0.15, -0.1) is 0 Å². The van der Waals surface area contributed by atoms with Crippen LogP contribution in [0.4, 0.5) is 13.2 Å². The van der Waals surface area contributed by atoms with E-state index in [9.17, 15) is 13.2 Å². The first-order valence-corrected chi connectivity index (χ1v) is 2.65. The lowest BCUT2D eigenvalue weighted by Gasteiger charge is -2.01. The number of nitrogens with one attached hydrogen (secondary N) is 1. The van der Waals surface area contributed by atoms with Crippen molar-refractivity contribution in [1.29, 1.82) is 0 Å². The van der Waals surface area contributed by atoms with Gasteiger partial charge in [-0.3, -0.25) is 0 Å². The van der Waals surface area contributed by atoms with Gasteiger partial charge in [0.25, 0.3) is 0 Å². The molecule has 56 valence electrons. The number of imidazole rings is 1. The molecule has 0 saturated carbocycles. The monoisotopic (exact) mass is 170 g/mol. The standard InChI is InChI=1S/C4H2ClF3N2/c5-3-2(4(6,7)8)9-1-10-3/h1H,(H,9,10). The van der Waals surface area contributed by atoms with E-state index < -0.39 is 17.0 Å². The number of halogens is 4. The average Bonchev–Trinajstić information content (AvgIpc) is 2.11. The lowest BCUT2D eigenvalue weighted by atomic mass is 10.5. The molecule has 0 saturated heterocycles. The second-order valence-corrected chi connectivity index (χ2v) is 1.92. The number of aromatic nitrogens is 2. The fourth-order valence-corrected chi connectivity index (χ4v) is 0.687. The zero-order chi connectivity index (χ0) is 7.78. The minimum Gasteiger partial charge on any atom is -0.340 e. The minimum absolute atomic E-state index is 0.549. The molecule has 1 aromatic heterocycles. The molecule has 0 spiro atoms. The van der Waals surface area contributed by atoms with Crippen LogP contribution in [0.5, 0.6) is 0 Å². The third-order valence-corrected chi connectivity index (χ3v) is 1.16. The summed E-state index contributed by atoms with van der Waals surface area (Å²) in [6, 6.07) is 0. The van der Waals surface area contributed by atoms with Crippen molar-refractivity contribution < 1.29 is 13.2 Å². The Bertz CT molecular complexity index is 229. The quantitative estimate of drug-likeness (QED) is 0.635. The van der Waals surface area contributed by atoms with Gasteiger partial charge in [0.2, 0.25) is 0 Å². The molecule has 1 rings (SSSR count). The van der Waals surface area contributed by atoms with Gasteiger partial charge in [-0.05, 0) is 0 Å². The van der Waals surface area contributed by atoms with Crippen molar-refractivity contribution in [2.75, 3.05) is 0 Å². The van der Waals surface area contributed by atoms with Crippen LogP contribution in [-0.4, -0.2) is 9.97 Å². The molecule has 1 heterocycles. The van der Waals surface area contributed by atoms with Crippen molar-refractivity contribution in [2.45, 2.75) is 6.18 Å². The second-order valence-electron chi connectivity index (χ2n) is 1.57. The summed E-state index contributed by atoms with van der Waals surface area (Å²) in [5.41, 5.74) is -1.01. The summed E-state index contributed by atoms with van der Waals surface area (Å²) < 4.78 is 35.2. The highest BCUT2D eigenvalue weighted by molar-refractivity contribution is 6.30. The predicted octanol–water partition coefficient (Wildman–Crippen LogP) is 2.08. The first kappa shape index (κ1) is 7.40. The Kier molecular flexibility index (Phi) is 1.60. The zero-order valence-corrected chi connectivity index (χ0v) is 5.29. The molecule has 0 aliphatic heterocycles. The number of rotatable bonds is 0. The van der Waals surface area contributed by atoms with Gasteiger partial charge in [0.05, 0.1) is 6.33 Å². The summed E-state index contributed by atoms with van der Waals surface area (Å²) in [5, 5.41) is -0.549. The largest absolute Gasteiger partial charge is 0.434 e. The topological polar surface area (TPSA) is 28.7 Å². The predicted molar refractivity (Wildman–Crippen MR) is 28.6 cm³/mol. The van der Waals surface area contributed by atoms with E-state index in [0.29, 0.717) is 0 Å². The molecule has 1 N–H and O–H groups in total. The molecule has 2 nitrogen and oxygen atoms in total. The van der Waals surface area contributed by atoms with Gasteiger partial charge in [-0.25, -0.2) is 4.98 Å². The summed E-state index contributed by atoms with van der Waals surface area (Å²) >= 11 is 5.06. The number of alkyl halides is 3. The highest BCUT2D eigenvalue weighted by Crippen LogP contribution is 2.31. The molecule has 0 aliphatic rings. The molecule has 0 bridgehead atoms. The van der Waals surface area contributed by atoms with E-state index in [0.717, 1.165) is 6.33 Å². The van der Waals surface area contributed by atoms with E-state index in [-0.39, 0.29) is 0 Å². The maximum Gasteiger partial charge on any atom is 0.434 e. The van der Waals surface area contributed by atoms with Crippen molar-refractivity contribution in [1.82, 2.24) is 9.97 Å². The van der Waals surface area contributed by atoms with Gasteiger partial charge in [-0.2, -0.15) is 13.2 Å². The molecular weight excluding hydrogens is 169 g/mol. The fraction of sp³-hybridized carbons (Fsp3) is 0.250. The molecule has 1 aromatic rings. The van der Waals surface area contributed by atoms with Crippen LogP contribution in [0, 0.1) is 0 Å². The highest BCUT2D eigenvalue weighted by Gasteiger charge is 2.35. The number of H-pyrrole nitrogens is 1. The second kappa shape index (κ2) is 2.16. The summed E-state index contributed by atoms with van der Waals surface area (Å²) in [6.07, 6.45) is -3.54. The van der Waals surface area contributed by atoms with Gasteiger partial charge >= 0.3 is 6.18 Å². The molecule has 0 amide bonds. The van der Waals surface area contributed by atoms with Crippen molar-refractivity contribution in [3.63, 3.8) is 0 Å². The smallest absolute Gasteiger partial charge is 0.340 e. The summed E-state index contributed by atoms with van der Waals surface area (Å²) in [5.74, 6) is 0. The van der Waals surface area contributed by atoms with Gasteiger partial charge in [0.15, 0.2) is 10.8 Å². The van der Waals surface area contributed by atoms with Crippen LogP contribution in [0.3, 0.4) is 0 Å². The van der Waals surface area contributed by atoms with Crippen LogP contribution in [-0.2, 0) is 6.18 Å². The molecular formula is C4H2ClF3N2. The van der Waals surface area contributed by atoms with Gasteiger partial charge in [-0.1, -0.05) is 11.6 Å². The van der Waals surface area contributed by atoms with Crippen LogP contribution in [0.25, 0.3) is 0 Å². The minimum atomic E-state index is -4.44. The van der Waals surface area contributed by atoms with E-state index in [2.05, 4.69) is 4.98 Å². The van der Waals surface area contributed by atoms with Gasteiger partial charge in [0.1, 0.15) is 0 Å². The van der Waals surface area contributed by atoms with Crippen molar-refractivity contribution >= 4 is 11.6 Å². The average molecular weight is 171 g/mol. The van der Waals surface area contributed by atoms with Crippen LogP contribution >= 0.6 is 11.6 Å². The van der Waals surface area contributed by atoms with Crippen molar-refractivity contribution in [3.05, 3.63) is 17.2 Å². The van der Waals surface area contributed by atoms with E-state index in [1.807, 2.05) is 4.98 Å². The first-order chi connectivity index (χ1) is 4.52. The zero-order valence-electron chi connectivity index (χ0n) is 4.54. The first-order valence-electron chi connectivity index (χ1n) is 2.28. The van der Waals surface area contributed by atoms with Crippen molar-refractivity contribution in [3.8, 4) is 0 Å². The SMILES string of the molecule is FC(F)(F)c1[nH]cnc1Cl. The van der Waals surface area contributed by atoms with Crippen LogP contribution in [0.15, 0.2) is 6.33 Å². The van der Waals surface area contributed by atoms with E-state index in [1.165, 1.54) is 0 Å². The molecule has 0 atom stereocenters. The molecule has 6 heteroatoms. The number of hydrogen-bond donors (Lipinski definition) is 1. The molecule has 10 heavy (non-hydrogen) atoms. The Morgan fingerprint density at radius 3 is 2.30 bits per heavy atom. The van der Waals surface area contributed by atoms with Gasteiger partial charge in [0, 0.05) is 0 Å². The van der Waals surface area contributed by atoms with Crippen LogP contribution < -0.4 is 0 Å². The van der Waals surface area contributed by atoms with Gasteiger partial charge < -0.3 is 4.98 Å². The maximum absolute atomic E-state index is 11.7. The Morgan fingerprint density at radius 1 is 1.50 bits per heavy atom. The summed E-state index contributed by atoms with van der Waals surface area (Å²) in [4.78, 5) is 5.05. The number of hydrogen-bond acceptors (Lipinski definition) is 1. The molecule has 0 aromatic carbocycles. The molecule has 0 unspecified atom stereocenters. The Balaban J connectivity index is 3.05. The summed E-state index contributed by atoms with van der Waals surface area (Å²) in [7, 11) is 0. The molecule has 0 aliphatic carbocycles. The molecule has 0 fully saturated rings. The van der Waals surface area contributed by atoms with Crippen LogP contribution in [0.2, 0.25) is 5.15 Å². The third kappa shape index (κ3) is 1.23. The highest BCUT2D eigenvalue weighted by atomic mass is 35.5.